The van der Waals surface area contributed by atoms with Gasteiger partial charge in [-0.05, 0) is 5.56 Å². The molecule has 0 aliphatic heterocycles. The molecule has 0 unspecified atom stereocenters. The van der Waals surface area contributed by atoms with Gasteiger partial charge in [-0.1, -0.05) is 30.3 Å². The standard InChI is InChI=1S/C7H8O2.FH/c8-9-6-7-4-2-1-3-5-7;/h1-5,8H,6H2;1H. The van der Waals surface area contributed by atoms with E-state index in [1.165, 1.54) is 0 Å². The van der Waals surface area contributed by atoms with E-state index in [0.29, 0.717) is 0 Å². The third kappa shape index (κ3) is 2.57. The first-order valence-electron chi connectivity index (χ1n) is 2.74. The molecule has 1 aromatic carbocycles. The van der Waals surface area contributed by atoms with Gasteiger partial charge in [0.1, 0.15) is 6.61 Å². The molecule has 0 aromatic heterocycles. The van der Waals surface area contributed by atoms with Gasteiger partial charge in [0.25, 0.3) is 0 Å². The zero-order chi connectivity index (χ0) is 6.53. The molecule has 0 saturated heterocycles. The number of hydrogen-bond acceptors (Lipinski definition) is 2. The van der Waals surface area contributed by atoms with Gasteiger partial charge < -0.3 is 0 Å². The van der Waals surface area contributed by atoms with Gasteiger partial charge in [-0.3, -0.25) is 9.96 Å². The highest BCUT2D eigenvalue weighted by Crippen LogP contribution is 1.98. The third-order valence-corrected chi connectivity index (χ3v) is 1.07. The van der Waals surface area contributed by atoms with Crippen LogP contribution < -0.4 is 0 Å². The Morgan fingerprint density at radius 3 is 2.30 bits per heavy atom. The van der Waals surface area contributed by atoms with Crippen LogP contribution in [0, 0.1) is 0 Å². The van der Waals surface area contributed by atoms with E-state index < -0.39 is 0 Å². The summed E-state index contributed by atoms with van der Waals surface area (Å²) in [5, 5.41) is 8.02. The molecule has 0 saturated carbocycles. The average molecular weight is 144 g/mol. The van der Waals surface area contributed by atoms with Gasteiger partial charge in [0, 0.05) is 0 Å². The molecular formula is C7H9FO2. The van der Waals surface area contributed by atoms with Crippen molar-refractivity contribution < 1.29 is 14.8 Å². The maximum absolute atomic E-state index is 8.02. The van der Waals surface area contributed by atoms with Gasteiger partial charge in [0.15, 0.2) is 0 Å². The first kappa shape index (κ1) is 9.07. The highest BCUT2D eigenvalue weighted by Gasteiger charge is 1.86. The van der Waals surface area contributed by atoms with Crippen molar-refractivity contribution in [1.82, 2.24) is 0 Å². The zero-order valence-electron chi connectivity index (χ0n) is 5.36. The van der Waals surface area contributed by atoms with Crippen LogP contribution in [-0.2, 0) is 11.5 Å². The Morgan fingerprint density at radius 2 is 1.80 bits per heavy atom. The normalized spacial score (nSPS) is 8.50. The van der Waals surface area contributed by atoms with Crippen LogP contribution in [0.15, 0.2) is 30.3 Å². The van der Waals surface area contributed by atoms with Crippen LogP contribution in [0.5, 0.6) is 0 Å². The Hall–Kier alpha value is -0.930. The van der Waals surface area contributed by atoms with Crippen molar-refractivity contribution >= 4 is 0 Å². The zero-order valence-corrected chi connectivity index (χ0v) is 5.36. The van der Waals surface area contributed by atoms with Crippen LogP contribution in [0.25, 0.3) is 0 Å². The minimum atomic E-state index is 0. The van der Waals surface area contributed by atoms with Crippen molar-refractivity contribution in [2.45, 2.75) is 6.61 Å². The summed E-state index contributed by atoms with van der Waals surface area (Å²) in [6, 6.07) is 9.48. The van der Waals surface area contributed by atoms with Crippen molar-refractivity contribution in [2.24, 2.45) is 0 Å². The predicted octanol–water partition coefficient (Wildman–Crippen LogP) is 1.83. The summed E-state index contributed by atoms with van der Waals surface area (Å²) in [7, 11) is 0. The van der Waals surface area contributed by atoms with Crippen LogP contribution in [0.3, 0.4) is 0 Å². The molecule has 2 nitrogen and oxygen atoms in total. The lowest BCUT2D eigenvalue weighted by Gasteiger charge is -1.93. The summed E-state index contributed by atoms with van der Waals surface area (Å²) in [5.74, 6) is 0. The van der Waals surface area contributed by atoms with Gasteiger partial charge in [-0.25, -0.2) is 4.89 Å². The molecule has 3 heteroatoms. The molecule has 0 spiro atoms. The molecule has 0 heterocycles. The molecule has 0 fully saturated rings. The maximum atomic E-state index is 8.02. The summed E-state index contributed by atoms with van der Waals surface area (Å²) in [6.07, 6.45) is 0. The van der Waals surface area contributed by atoms with Crippen molar-refractivity contribution in [1.29, 1.82) is 0 Å². The molecule has 0 aliphatic rings. The van der Waals surface area contributed by atoms with Gasteiger partial charge >= 0.3 is 0 Å². The Bertz CT molecular complexity index is 165. The van der Waals surface area contributed by atoms with Gasteiger partial charge in [0.2, 0.25) is 0 Å². The molecule has 0 aliphatic carbocycles. The Kier molecular flexibility index (Phi) is 4.45. The lowest BCUT2D eigenvalue weighted by Crippen LogP contribution is -1.84. The Morgan fingerprint density at radius 1 is 1.20 bits per heavy atom. The SMILES string of the molecule is F.OOCc1ccccc1. The minimum absolute atomic E-state index is 0. The van der Waals surface area contributed by atoms with Crippen molar-refractivity contribution in [2.75, 3.05) is 0 Å². The Balaban J connectivity index is 0.000000810. The second kappa shape index (κ2) is 4.90. The molecule has 0 atom stereocenters. The summed E-state index contributed by atoms with van der Waals surface area (Å²) in [4.78, 5) is 3.93. The molecule has 1 aromatic rings. The minimum Gasteiger partial charge on any atom is -0.269 e. The van der Waals surface area contributed by atoms with E-state index in [0.717, 1.165) is 5.56 Å². The highest BCUT2D eigenvalue weighted by atomic mass is 19.0. The smallest absolute Gasteiger partial charge is 0.107 e. The van der Waals surface area contributed by atoms with E-state index in [-0.39, 0.29) is 11.3 Å². The van der Waals surface area contributed by atoms with Crippen molar-refractivity contribution in [3.8, 4) is 0 Å². The second-order valence-corrected chi connectivity index (χ2v) is 1.76. The monoisotopic (exact) mass is 144 g/mol. The van der Waals surface area contributed by atoms with Crippen LogP contribution in [0.4, 0.5) is 4.70 Å². The fourth-order valence-electron chi connectivity index (χ4n) is 0.649. The van der Waals surface area contributed by atoms with Gasteiger partial charge in [-0.15, -0.1) is 0 Å². The predicted molar refractivity (Wildman–Crippen MR) is 36.4 cm³/mol. The summed E-state index contributed by atoms with van der Waals surface area (Å²) >= 11 is 0. The molecule has 0 radical (unpaired) electrons. The molecule has 56 valence electrons. The van der Waals surface area contributed by atoms with Gasteiger partial charge in [0.05, 0.1) is 0 Å². The average Bonchev–Trinajstić information content (AvgIpc) is 1.91. The number of halogens is 1. The van der Waals surface area contributed by atoms with Gasteiger partial charge in [-0.2, -0.15) is 0 Å². The fraction of sp³-hybridized carbons (Fsp3) is 0.143. The third-order valence-electron chi connectivity index (χ3n) is 1.07. The molecule has 0 amide bonds. The molecular weight excluding hydrogens is 135 g/mol. The molecule has 1 rings (SSSR count). The maximum Gasteiger partial charge on any atom is 0.107 e. The second-order valence-electron chi connectivity index (χ2n) is 1.76. The van der Waals surface area contributed by atoms with Crippen LogP contribution in [-0.4, -0.2) is 5.26 Å². The first-order chi connectivity index (χ1) is 4.43. The van der Waals surface area contributed by atoms with Crippen LogP contribution in [0.1, 0.15) is 5.56 Å². The summed E-state index contributed by atoms with van der Waals surface area (Å²) in [6.45, 7) is 0.265. The topological polar surface area (TPSA) is 29.5 Å². The van der Waals surface area contributed by atoms with E-state index in [1.54, 1.807) is 0 Å². The molecule has 10 heavy (non-hydrogen) atoms. The Labute approximate surface area is 58.4 Å². The van der Waals surface area contributed by atoms with E-state index in [4.69, 9.17) is 5.26 Å². The highest BCUT2D eigenvalue weighted by molar-refractivity contribution is 5.13. The number of rotatable bonds is 2. The first-order valence-corrected chi connectivity index (χ1v) is 2.74. The van der Waals surface area contributed by atoms with E-state index in [2.05, 4.69) is 4.89 Å². The summed E-state index contributed by atoms with van der Waals surface area (Å²) < 4.78 is 0. The molecule has 0 bridgehead atoms. The number of hydrogen-bond donors (Lipinski definition) is 1. The largest absolute Gasteiger partial charge is 0.269 e. The quantitative estimate of drug-likeness (QED) is 0.506. The van der Waals surface area contributed by atoms with Crippen molar-refractivity contribution in [3.05, 3.63) is 35.9 Å². The summed E-state index contributed by atoms with van der Waals surface area (Å²) in [5.41, 5.74) is 0.972. The lowest BCUT2D eigenvalue weighted by atomic mass is 10.2. The van der Waals surface area contributed by atoms with E-state index in [1.807, 2.05) is 30.3 Å². The van der Waals surface area contributed by atoms with E-state index >= 15 is 0 Å². The van der Waals surface area contributed by atoms with E-state index in [9.17, 15) is 0 Å². The molecule has 1 N–H and O–H groups in total. The number of benzene rings is 1. The fourth-order valence-corrected chi connectivity index (χ4v) is 0.649. The van der Waals surface area contributed by atoms with Crippen LogP contribution >= 0.6 is 0 Å². The lowest BCUT2D eigenvalue weighted by molar-refractivity contribution is -0.253. The van der Waals surface area contributed by atoms with Crippen LogP contribution in [0.2, 0.25) is 0 Å². The van der Waals surface area contributed by atoms with Crippen molar-refractivity contribution in [3.63, 3.8) is 0 Å².